The predicted octanol–water partition coefficient (Wildman–Crippen LogP) is 1.93. The van der Waals surface area contributed by atoms with E-state index < -0.39 is 15.4 Å². The molecular formula is C15H20O4S. The molecule has 2 heterocycles. The smallest absolute Gasteiger partial charge is 0.156 e. The Morgan fingerprint density at radius 3 is 2.35 bits per heavy atom. The van der Waals surface area contributed by atoms with E-state index >= 15 is 0 Å². The minimum absolute atomic E-state index is 0.318. The molecule has 2 bridgehead atoms. The van der Waals surface area contributed by atoms with Gasteiger partial charge in [-0.05, 0) is 55.9 Å². The first kappa shape index (κ1) is 13.9. The Labute approximate surface area is 119 Å². The highest BCUT2D eigenvalue weighted by molar-refractivity contribution is 7.93. The maximum absolute atomic E-state index is 12.1. The van der Waals surface area contributed by atoms with Crippen molar-refractivity contribution in [2.75, 3.05) is 7.11 Å². The third-order valence-electron chi connectivity index (χ3n) is 4.81. The third-order valence-corrected chi connectivity index (χ3v) is 7.47. The van der Waals surface area contributed by atoms with E-state index in [0.29, 0.717) is 25.7 Å². The maximum atomic E-state index is 12.1. The van der Waals surface area contributed by atoms with Crippen LogP contribution in [0.1, 0.15) is 36.8 Å². The Morgan fingerprint density at radius 1 is 1.25 bits per heavy atom. The van der Waals surface area contributed by atoms with Gasteiger partial charge in [-0.25, -0.2) is 8.42 Å². The van der Waals surface area contributed by atoms with E-state index in [-0.39, 0.29) is 10.5 Å². The van der Waals surface area contributed by atoms with Crippen molar-refractivity contribution in [3.05, 3.63) is 29.3 Å². The average molecular weight is 296 g/mol. The summed E-state index contributed by atoms with van der Waals surface area (Å²) in [6.07, 6.45) is 2.01. The molecule has 0 aliphatic carbocycles. The third kappa shape index (κ3) is 1.95. The summed E-state index contributed by atoms with van der Waals surface area (Å²) >= 11 is 0. The van der Waals surface area contributed by atoms with Crippen LogP contribution in [0.4, 0.5) is 0 Å². The van der Waals surface area contributed by atoms with Gasteiger partial charge in [0.2, 0.25) is 0 Å². The van der Waals surface area contributed by atoms with E-state index in [1.807, 2.05) is 25.1 Å². The standard InChI is InChI=1S/C15H20O4S/c1-10-7-11(19-2)3-6-14(10)15(16)8-12-4-5-13(9-15)20(12,17)18/h3,6-7,12-13,16H,4-5,8-9H2,1-2H3. The second-order valence-corrected chi connectivity index (χ2v) is 8.54. The summed E-state index contributed by atoms with van der Waals surface area (Å²) in [5.74, 6) is 0.751. The zero-order chi connectivity index (χ0) is 14.5. The minimum atomic E-state index is -3.02. The lowest BCUT2D eigenvalue weighted by Crippen LogP contribution is -2.43. The number of aliphatic hydroxyl groups is 1. The van der Waals surface area contributed by atoms with E-state index in [1.54, 1.807) is 7.11 Å². The molecule has 1 N–H and O–H groups in total. The molecule has 5 heteroatoms. The molecule has 2 atom stereocenters. The van der Waals surface area contributed by atoms with Crippen molar-refractivity contribution in [2.24, 2.45) is 0 Å². The van der Waals surface area contributed by atoms with Gasteiger partial charge in [0.25, 0.3) is 0 Å². The molecule has 4 nitrogen and oxygen atoms in total. The largest absolute Gasteiger partial charge is 0.497 e. The molecular weight excluding hydrogens is 276 g/mol. The van der Waals surface area contributed by atoms with Gasteiger partial charge >= 0.3 is 0 Å². The van der Waals surface area contributed by atoms with Gasteiger partial charge in [-0.2, -0.15) is 0 Å². The molecule has 2 unspecified atom stereocenters. The van der Waals surface area contributed by atoms with Gasteiger partial charge in [-0.15, -0.1) is 0 Å². The molecule has 0 spiro atoms. The molecule has 2 aliphatic heterocycles. The fourth-order valence-corrected chi connectivity index (χ4v) is 6.24. The maximum Gasteiger partial charge on any atom is 0.156 e. The number of aryl methyl sites for hydroxylation is 1. The summed E-state index contributed by atoms with van der Waals surface area (Å²) < 4.78 is 29.5. The molecule has 0 radical (unpaired) electrons. The summed E-state index contributed by atoms with van der Waals surface area (Å²) in [5, 5.41) is 10.2. The first-order valence-electron chi connectivity index (χ1n) is 6.97. The molecule has 0 amide bonds. The number of ether oxygens (including phenoxy) is 1. The number of fused-ring (bicyclic) bond motifs is 2. The van der Waals surface area contributed by atoms with Gasteiger partial charge in [0.15, 0.2) is 9.84 Å². The van der Waals surface area contributed by atoms with Crippen molar-refractivity contribution < 1.29 is 18.3 Å². The summed E-state index contributed by atoms with van der Waals surface area (Å²) in [6.45, 7) is 1.93. The van der Waals surface area contributed by atoms with Crippen molar-refractivity contribution in [3.8, 4) is 5.75 Å². The predicted molar refractivity (Wildman–Crippen MR) is 76.6 cm³/mol. The molecule has 1 aromatic carbocycles. The Bertz CT molecular complexity index is 615. The number of rotatable bonds is 2. The SMILES string of the molecule is COc1ccc(C2(O)CC3CCC(C2)S3(=O)=O)c(C)c1. The Hall–Kier alpha value is -1.07. The van der Waals surface area contributed by atoms with E-state index in [9.17, 15) is 13.5 Å². The molecule has 0 aromatic heterocycles. The van der Waals surface area contributed by atoms with Crippen LogP contribution >= 0.6 is 0 Å². The summed E-state index contributed by atoms with van der Waals surface area (Å²) in [6, 6.07) is 5.58. The van der Waals surface area contributed by atoms with Crippen LogP contribution in [0.25, 0.3) is 0 Å². The highest BCUT2D eigenvalue weighted by Gasteiger charge is 2.53. The lowest BCUT2D eigenvalue weighted by molar-refractivity contribution is 0.0167. The van der Waals surface area contributed by atoms with E-state index in [4.69, 9.17) is 4.74 Å². The second kappa shape index (κ2) is 4.46. The van der Waals surface area contributed by atoms with Crippen molar-refractivity contribution in [3.63, 3.8) is 0 Å². The molecule has 2 aliphatic rings. The van der Waals surface area contributed by atoms with Crippen molar-refractivity contribution in [1.29, 1.82) is 0 Å². The minimum Gasteiger partial charge on any atom is -0.497 e. The lowest BCUT2D eigenvalue weighted by Gasteiger charge is -2.37. The molecule has 2 saturated heterocycles. The Morgan fingerprint density at radius 2 is 1.85 bits per heavy atom. The molecule has 110 valence electrons. The van der Waals surface area contributed by atoms with Crippen molar-refractivity contribution >= 4 is 9.84 Å². The topological polar surface area (TPSA) is 63.6 Å². The number of sulfone groups is 1. The fourth-order valence-electron chi connectivity index (χ4n) is 3.75. The highest BCUT2D eigenvalue weighted by Crippen LogP contribution is 2.48. The number of benzene rings is 1. The van der Waals surface area contributed by atoms with Crippen LogP contribution in [-0.4, -0.2) is 31.1 Å². The van der Waals surface area contributed by atoms with E-state index in [2.05, 4.69) is 0 Å². The van der Waals surface area contributed by atoms with Gasteiger partial charge in [-0.1, -0.05) is 6.07 Å². The van der Waals surface area contributed by atoms with E-state index in [0.717, 1.165) is 16.9 Å². The summed E-state index contributed by atoms with van der Waals surface area (Å²) in [4.78, 5) is 0. The zero-order valence-electron chi connectivity index (χ0n) is 11.8. The van der Waals surface area contributed by atoms with Crippen LogP contribution < -0.4 is 4.74 Å². The zero-order valence-corrected chi connectivity index (χ0v) is 12.6. The Balaban J connectivity index is 1.99. The van der Waals surface area contributed by atoms with Gasteiger partial charge in [0.1, 0.15) is 5.75 Å². The first-order valence-corrected chi connectivity index (χ1v) is 8.58. The van der Waals surface area contributed by atoms with Crippen LogP contribution in [0.2, 0.25) is 0 Å². The van der Waals surface area contributed by atoms with Crippen LogP contribution in [0.5, 0.6) is 5.75 Å². The fraction of sp³-hybridized carbons (Fsp3) is 0.600. The molecule has 3 rings (SSSR count). The van der Waals surface area contributed by atoms with E-state index in [1.165, 1.54) is 0 Å². The van der Waals surface area contributed by atoms with Gasteiger partial charge in [-0.3, -0.25) is 0 Å². The first-order chi connectivity index (χ1) is 9.37. The monoisotopic (exact) mass is 296 g/mol. The van der Waals surface area contributed by atoms with Crippen LogP contribution in [-0.2, 0) is 15.4 Å². The van der Waals surface area contributed by atoms with Gasteiger partial charge < -0.3 is 9.84 Å². The molecule has 1 aromatic rings. The summed E-state index contributed by atoms with van der Waals surface area (Å²) in [5.41, 5.74) is 0.767. The molecule has 0 saturated carbocycles. The normalized spacial score (nSPS) is 35.0. The van der Waals surface area contributed by atoms with Crippen LogP contribution in [0, 0.1) is 6.92 Å². The van der Waals surface area contributed by atoms with Gasteiger partial charge in [0.05, 0.1) is 23.2 Å². The van der Waals surface area contributed by atoms with Crippen LogP contribution in [0.3, 0.4) is 0 Å². The second-order valence-electron chi connectivity index (χ2n) is 6.03. The summed E-state index contributed by atoms with van der Waals surface area (Å²) in [7, 11) is -1.41. The molecule has 2 fully saturated rings. The van der Waals surface area contributed by atoms with Crippen LogP contribution in [0.15, 0.2) is 18.2 Å². The average Bonchev–Trinajstić information content (AvgIpc) is 2.58. The van der Waals surface area contributed by atoms with Crippen molar-refractivity contribution in [2.45, 2.75) is 48.7 Å². The quantitative estimate of drug-likeness (QED) is 0.906. The van der Waals surface area contributed by atoms with Crippen molar-refractivity contribution in [1.82, 2.24) is 0 Å². The van der Waals surface area contributed by atoms with Gasteiger partial charge in [0, 0.05) is 0 Å². The molecule has 20 heavy (non-hydrogen) atoms. The number of hydrogen-bond acceptors (Lipinski definition) is 4. The lowest BCUT2D eigenvalue weighted by atomic mass is 9.83. The Kier molecular flexibility index (Phi) is 3.10. The number of hydrogen-bond donors (Lipinski definition) is 1. The highest BCUT2D eigenvalue weighted by atomic mass is 32.2. The number of methoxy groups -OCH3 is 1.